The molecule has 1 heteroatoms. The van der Waals surface area contributed by atoms with Gasteiger partial charge in [0.15, 0.2) is 0 Å². The van der Waals surface area contributed by atoms with Crippen molar-refractivity contribution in [2.75, 3.05) is 6.61 Å². The monoisotopic (exact) mass is 162 g/mol. The summed E-state index contributed by atoms with van der Waals surface area (Å²) in [6.07, 6.45) is 1.13. The predicted octanol–water partition coefficient (Wildman–Crippen LogP) is 2.65. The second-order valence-electron chi connectivity index (χ2n) is 4.24. The normalized spacial score (nSPS) is 19.5. The molecule has 1 aliphatic heterocycles. The van der Waals surface area contributed by atoms with Gasteiger partial charge in [-0.3, -0.25) is 0 Å². The van der Waals surface area contributed by atoms with E-state index in [1.54, 1.807) is 0 Å². The van der Waals surface area contributed by atoms with Gasteiger partial charge in [-0.2, -0.15) is 0 Å². The summed E-state index contributed by atoms with van der Waals surface area (Å²) in [6.45, 7) is 5.32. The minimum Gasteiger partial charge on any atom is -0.493 e. The van der Waals surface area contributed by atoms with Gasteiger partial charge in [0.05, 0.1) is 6.61 Å². The lowest BCUT2D eigenvalue weighted by Crippen LogP contribution is -2.28. The van der Waals surface area contributed by atoms with Crippen LogP contribution in [0.3, 0.4) is 0 Å². The van der Waals surface area contributed by atoms with Crippen molar-refractivity contribution in [1.82, 2.24) is 0 Å². The molecule has 0 aromatic heterocycles. The fraction of sp³-hybridized carbons (Fsp3) is 0.455. The van der Waals surface area contributed by atoms with Crippen molar-refractivity contribution in [3.8, 4) is 5.75 Å². The van der Waals surface area contributed by atoms with Crippen LogP contribution >= 0.6 is 0 Å². The molecule has 1 heterocycles. The highest BCUT2D eigenvalue weighted by Gasteiger charge is 2.25. The molecular formula is C11H14O. The summed E-state index contributed by atoms with van der Waals surface area (Å²) in [7, 11) is 0. The molecule has 0 saturated carbocycles. The molecule has 0 N–H and O–H groups in total. The molecule has 2 rings (SSSR count). The second-order valence-corrected chi connectivity index (χ2v) is 4.24. The molecule has 0 unspecified atom stereocenters. The average molecular weight is 162 g/mol. The van der Waals surface area contributed by atoms with Gasteiger partial charge in [0, 0.05) is 5.41 Å². The van der Waals surface area contributed by atoms with Crippen LogP contribution in [0.5, 0.6) is 5.75 Å². The van der Waals surface area contributed by atoms with E-state index >= 15 is 0 Å². The van der Waals surface area contributed by atoms with E-state index in [9.17, 15) is 0 Å². The Bertz CT molecular complexity index is 289. The quantitative estimate of drug-likeness (QED) is 0.570. The number of hydrogen-bond acceptors (Lipinski definition) is 1. The molecule has 0 atom stereocenters. The number of hydrogen-bond donors (Lipinski definition) is 0. The van der Waals surface area contributed by atoms with Crippen molar-refractivity contribution in [2.45, 2.75) is 20.3 Å². The van der Waals surface area contributed by atoms with Gasteiger partial charge in [-0.15, -0.1) is 0 Å². The van der Waals surface area contributed by atoms with E-state index in [0.29, 0.717) is 5.41 Å². The van der Waals surface area contributed by atoms with Crippen molar-refractivity contribution in [3.05, 3.63) is 29.8 Å². The molecule has 0 saturated heterocycles. The molecule has 64 valence electrons. The molecule has 1 aliphatic rings. The van der Waals surface area contributed by atoms with Crippen LogP contribution in [0, 0.1) is 5.41 Å². The Morgan fingerprint density at radius 3 is 2.83 bits per heavy atom. The first kappa shape index (κ1) is 7.66. The molecular weight excluding hydrogens is 148 g/mol. The van der Waals surface area contributed by atoms with Crippen molar-refractivity contribution in [1.29, 1.82) is 0 Å². The van der Waals surface area contributed by atoms with Crippen LogP contribution in [0.4, 0.5) is 0 Å². The van der Waals surface area contributed by atoms with Gasteiger partial charge < -0.3 is 4.74 Å². The maximum Gasteiger partial charge on any atom is 0.122 e. The fourth-order valence-corrected chi connectivity index (χ4v) is 1.63. The SMILES string of the molecule is CC1(C)COc2ccccc2C1. The summed E-state index contributed by atoms with van der Waals surface area (Å²) >= 11 is 0. The zero-order valence-corrected chi connectivity index (χ0v) is 7.63. The first-order valence-electron chi connectivity index (χ1n) is 4.38. The van der Waals surface area contributed by atoms with Gasteiger partial charge in [-0.1, -0.05) is 32.0 Å². The average Bonchev–Trinajstić information content (AvgIpc) is 2.02. The van der Waals surface area contributed by atoms with E-state index in [1.807, 2.05) is 12.1 Å². The molecule has 0 aliphatic carbocycles. The lowest BCUT2D eigenvalue weighted by Gasteiger charge is -2.31. The van der Waals surface area contributed by atoms with E-state index in [-0.39, 0.29) is 0 Å². The molecule has 1 aromatic carbocycles. The van der Waals surface area contributed by atoms with Crippen LogP contribution in [0.2, 0.25) is 0 Å². The number of para-hydroxylation sites is 1. The van der Waals surface area contributed by atoms with E-state index < -0.39 is 0 Å². The highest BCUT2D eigenvalue weighted by molar-refractivity contribution is 5.35. The Morgan fingerprint density at radius 2 is 2.00 bits per heavy atom. The van der Waals surface area contributed by atoms with E-state index in [1.165, 1.54) is 5.56 Å². The molecule has 0 fully saturated rings. The highest BCUT2D eigenvalue weighted by Crippen LogP contribution is 2.33. The highest BCUT2D eigenvalue weighted by atomic mass is 16.5. The zero-order chi connectivity index (χ0) is 8.60. The van der Waals surface area contributed by atoms with E-state index in [4.69, 9.17) is 4.74 Å². The van der Waals surface area contributed by atoms with Crippen molar-refractivity contribution >= 4 is 0 Å². The third kappa shape index (κ3) is 1.31. The van der Waals surface area contributed by atoms with Gasteiger partial charge >= 0.3 is 0 Å². The molecule has 1 aromatic rings. The number of benzene rings is 1. The van der Waals surface area contributed by atoms with Crippen LogP contribution in [-0.2, 0) is 6.42 Å². The Labute approximate surface area is 73.4 Å². The molecule has 0 radical (unpaired) electrons. The van der Waals surface area contributed by atoms with Gasteiger partial charge in [0.2, 0.25) is 0 Å². The number of fused-ring (bicyclic) bond motifs is 1. The maximum atomic E-state index is 5.64. The topological polar surface area (TPSA) is 9.23 Å². The summed E-state index contributed by atoms with van der Waals surface area (Å²) in [5.74, 6) is 1.07. The summed E-state index contributed by atoms with van der Waals surface area (Å²) < 4.78 is 5.64. The Kier molecular flexibility index (Phi) is 1.60. The van der Waals surface area contributed by atoms with Crippen LogP contribution < -0.4 is 4.74 Å². The van der Waals surface area contributed by atoms with Crippen LogP contribution in [0.1, 0.15) is 19.4 Å². The lowest BCUT2D eigenvalue weighted by molar-refractivity contribution is 0.155. The zero-order valence-electron chi connectivity index (χ0n) is 7.63. The van der Waals surface area contributed by atoms with Crippen LogP contribution in [-0.4, -0.2) is 6.61 Å². The van der Waals surface area contributed by atoms with Crippen LogP contribution in [0.25, 0.3) is 0 Å². The van der Waals surface area contributed by atoms with Gasteiger partial charge in [-0.05, 0) is 18.1 Å². The molecule has 0 bridgehead atoms. The largest absolute Gasteiger partial charge is 0.493 e. The third-order valence-corrected chi connectivity index (χ3v) is 2.26. The van der Waals surface area contributed by atoms with Gasteiger partial charge in [0.25, 0.3) is 0 Å². The Balaban J connectivity index is 2.35. The molecule has 12 heavy (non-hydrogen) atoms. The lowest BCUT2D eigenvalue weighted by atomic mass is 9.84. The Morgan fingerprint density at radius 1 is 1.25 bits per heavy atom. The molecule has 1 nitrogen and oxygen atoms in total. The minimum absolute atomic E-state index is 0.300. The molecule has 0 spiro atoms. The smallest absolute Gasteiger partial charge is 0.122 e. The Hall–Kier alpha value is -0.980. The van der Waals surface area contributed by atoms with Crippen LogP contribution in [0.15, 0.2) is 24.3 Å². The standard InChI is InChI=1S/C11H14O/c1-11(2)7-9-5-3-4-6-10(9)12-8-11/h3-6H,7-8H2,1-2H3. The first-order chi connectivity index (χ1) is 5.67. The van der Waals surface area contributed by atoms with Crippen molar-refractivity contribution in [3.63, 3.8) is 0 Å². The minimum atomic E-state index is 0.300. The summed E-state index contributed by atoms with van der Waals surface area (Å²) in [6, 6.07) is 8.29. The second kappa shape index (κ2) is 2.51. The third-order valence-electron chi connectivity index (χ3n) is 2.26. The molecule has 0 amide bonds. The van der Waals surface area contributed by atoms with E-state index in [2.05, 4.69) is 26.0 Å². The maximum absolute atomic E-state index is 5.64. The summed E-state index contributed by atoms with van der Waals surface area (Å²) in [4.78, 5) is 0. The van der Waals surface area contributed by atoms with Crippen molar-refractivity contribution < 1.29 is 4.74 Å². The summed E-state index contributed by atoms with van der Waals surface area (Å²) in [5.41, 5.74) is 1.64. The van der Waals surface area contributed by atoms with Gasteiger partial charge in [-0.25, -0.2) is 0 Å². The van der Waals surface area contributed by atoms with E-state index in [0.717, 1.165) is 18.8 Å². The van der Waals surface area contributed by atoms with Crippen molar-refractivity contribution in [2.24, 2.45) is 5.41 Å². The first-order valence-corrected chi connectivity index (χ1v) is 4.38. The van der Waals surface area contributed by atoms with Gasteiger partial charge in [0.1, 0.15) is 5.75 Å². The summed E-state index contributed by atoms with van der Waals surface area (Å²) in [5, 5.41) is 0. The number of rotatable bonds is 0. The fourth-order valence-electron chi connectivity index (χ4n) is 1.63. The number of ether oxygens (including phenoxy) is 1. The predicted molar refractivity (Wildman–Crippen MR) is 49.4 cm³/mol.